The predicted molar refractivity (Wildman–Crippen MR) is 66.2 cm³/mol. The fourth-order valence-corrected chi connectivity index (χ4v) is 1.29. The van der Waals surface area contributed by atoms with Crippen molar-refractivity contribution >= 4 is 11.7 Å². The van der Waals surface area contributed by atoms with Crippen LogP contribution in [0.5, 0.6) is 0 Å². The molecule has 1 aromatic rings. The minimum atomic E-state index is -0.331. The van der Waals surface area contributed by atoms with Crippen LogP contribution in [0.3, 0.4) is 0 Å². The highest BCUT2D eigenvalue weighted by molar-refractivity contribution is 5.89. The molecule has 0 aromatic heterocycles. The molecule has 1 unspecified atom stereocenters. The van der Waals surface area contributed by atoms with Crippen LogP contribution in [0.15, 0.2) is 24.3 Å². The summed E-state index contributed by atoms with van der Waals surface area (Å²) in [6.07, 6.45) is 5.62. The van der Waals surface area contributed by atoms with E-state index in [2.05, 4.69) is 16.6 Å². The van der Waals surface area contributed by atoms with Crippen LogP contribution in [0.25, 0.3) is 0 Å². The topological polar surface area (TPSA) is 64.9 Å². The number of benzene rings is 1. The number of nitriles is 1. The van der Waals surface area contributed by atoms with E-state index in [0.717, 1.165) is 0 Å². The van der Waals surface area contributed by atoms with Crippen molar-refractivity contribution in [3.8, 4) is 18.4 Å². The molecule has 2 N–H and O–H groups in total. The second-order valence-electron chi connectivity index (χ2n) is 3.60. The third kappa shape index (κ3) is 4.27. The van der Waals surface area contributed by atoms with Crippen LogP contribution in [0, 0.1) is 23.7 Å². The number of urea groups is 1. The molecule has 0 saturated carbocycles. The molecule has 0 radical (unpaired) electrons. The predicted octanol–water partition coefficient (Wildman–Crippen LogP) is 2.09. The molecule has 2 amide bonds. The van der Waals surface area contributed by atoms with Gasteiger partial charge in [0.15, 0.2) is 0 Å². The quantitative estimate of drug-likeness (QED) is 0.776. The fourth-order valence-electron chi connectivity index (χ4n) is 1.29. The van der Waals surface area contributed by atoms with Crippen LogP contribution >= 0.6 is 0 Å². The van der Waals surface area contributed by atoms with Crippen molar-refractivity contribution in [2.45, 2.75) is 19.4 Å². The van der Waals surface area contributed by atoms with Gasteiger partial charge in [-0.05, 0) is 25.1 Å². The maximum absolute atomic E-state index is 11.5. The van der Waals surface area contributed by atoms with Crippen molar-refractivity contribution in [2.24, 2.45) is 0 Å². The van der Waals surface area contributed by atoms with Crippen molar-refractivity contribution in [3.63, 3.8) is 0 Å². The molecule has 0 spiro atoms. The Labute approximate surface area is 101 Å². The van der Waals surface area contributed by atoms with E-state index in [0.29, 0.717) is 17.7 Å². The van der Waals surface area contributed by atoms with Gasteiger partial charge in [-0.3, -0.25) is 0 Å². The Morgan fingerprint density at radius 2 is 2.35 bits per heavy atom. The van der Waals surface area contributed by atoms with Crippen LogP contribution in [-0.2, 0) is 0 Å². The fraction of sp³-hybridized carbons (Fsp3) is 0.231. The first-order chi connectivity index (χ1) is 8.15. The monoisotopic (exact) mass is 227 g/mol. The van der Waals surface area contributed by atoms with E-state index >= 15 is 0 Å². The van der Waals surface area contributed by atoms with Gasteiger partial charge in [0.1, 0.15) is 0 Å². The van der Waals surface area contributed by atoms with Crippen LogP contribution in [0.4, 0.5) is 10.5 Å². The first-order valence-corrected chi connectivity index (χ1v) is 5.17. The van der Waals surface area contributed by atoms with Crippen molar-refractivity contribution < 1.29 is 4.79 Å². The summed E-state index contributed by atoms with van der Waals surface area (Å²) in [6.45, 7) is 1.82. The maximum atomic E-state index is 11.5. The lowest BCUT2D eigenvalue weighted by atomic mass is 10.2. The highest BCUT2D eigenvalue weighted by atomic mass is 16.2. The second kappa shape index (κ2) is 6.19. The molecular weight excluding hydrogens is 214 g/mol. The van der Waals surface area contributed by atoms with Crippen molar-refractivity contribution in [1.82, 2.24) is 5.32 Å². The average molecular weight is 227 g/mol. The normalized spacial score (nSPS) is 10.8. The molecule has 0 saturated heterocycles. The zero-order valence-electron chi connectivity index (χ0n) is 9.53. The summed E-state index contributed by atoms with van der Waals surface area (Å²) in [5, 5.41) is 14.0. The van der Waals surface area contributed by atoms with Crippen molar-refractivity contribution in [2.75, 3.05) is 5.32 Å². The zero-order chi connectivity index (χ0) is 12.7. The van der Waals surface area contributed by atoms with Gasteiger partial charge in [-0.15, -0.1) is 12.3 Å². The number of rotatable bonds is 3. The molecule has 0 aliphatic rings. The highest BCUT2D eigenvalue weighted by Crippen LogP contribution is 2.09. The molecule has 1 atom stereocenters. The number of anilines is 1. The number of hydrogen-bond acceptors (Lipinski definition) is 2. The number of carbonyl (C=O) groups excluding carboxylic acids is 1. The Bertz CT molecular complexity index is 482. The van der Waals surface area contributed by atoms with Crippen LogP contribution in [0.1, 0.15) is 18.9 Å². The van der Waals surface area contributed by atoms with Gasteiger partial charge in [-0.2, -0.15) is 5.26 Å². The molecule has 0 aliphatic carbocycles. The Kier molecular flexibility index (Phi) is 4.59. The van der Waals surface area contributed by atoms with Crippen LogP contribution < -0.4 is 10.6 Å². The van der Waals surface area contributed by atoms with Crippen molar-refractivity contribution in [1.29, 1.82) is 5.26 Å². The summed E-state index contributed by atoms with van der Waals surface area (Å²) in [5.74, 6) is 2.47. The second-order valence-corrected chi connectivity index (χ2v) is 3.60. The third-order valence-corrected chi connectivity index (χ3v) is 2.05. The maximum Gasteiger partial charge on any atom is 0.319 e. The number of carbonyl (C=O) groups is 1. The van der Waals surface area contributed by atoms with E-state index < -0.39 is 0 Å². The molecule has 0 heterocycles. The van der Waals surface area contributed by atoms with Gasteiger partial charge in [-0.1, -0.05) is 6.07 Å². The van der Waals surface area contributed by atoms with Gasteiger partial charge in [0.05, 0.1) is 11.6 Å². The molecule has 1 rings (SSSR count). The van der Waals surface area contributed by atoms with Gasteiger partial charge in [0, 0.05) is 18.2 Å². The molecule has 4 nitrogen and oxygen atoms in total. The summed E-state index contributed by atoms with van der Waals surface area (Å²) >= 11 is 0. The SMILES string of the molecule is C#CCC(C)NC(=O)Nc1cccc(C#N)c1. The third-order valence-electron chi connectivity index (χ3n) is 2.05. The molecule has 0 fully saturated rings. The van der Waals surface area contributed by atoms with E-state index in [4.69, 9.17) is 11.7 Å². The van der Waals surface area contributed by atoms with E-state index in [1.54, 1.807) is 24.3 Å². The number of terminal acetylenes is 1. The standard InChI is InChI=1S/C13H13N3O/c1-3-5-10(2)15-13(17)16-12-7-4-6-11(8-12)9-14/h1,4,6-8,10H,5H2,2H3,(H2,15,16,17). The van der Waals surface area contributed by atoms with Gasteiger partial charge in [-0.25, -0.2) is 4.79 Å². The molecule has 0 bridgehead atoms. The number of amides is 2. The highest BCUT2D eigenvalue weighted by Gasteiger charge is 2.06. The lowest BCUT2D eigenvalue weighted by Crippen LogP contribution is -2.35. The minimum absolute atomic E-state index is 0.0841. The first-order valence-electron chi connectivity index (χ1n) is 5.17. The smallest absolute Gasteiger partial charge is 0.319 e. The van der Waals surface area contributed by atoms with Crippen LogP contribution in [0.2, 0.25) is 0 Å². The summed E-state index contributed by atoms with van der Waals surface area (Å²) in [5.41, 5.74) is 1.08. The Hall–Kier alpha value is -2.46. The summed E-state index contributed by atoms with van der Waals surface area (Å²) < 4.78 is 0. The van der Waals surface area contributed by atoms with Crippen LogP contribution in [-0.4, -0.2) is 12.1 Å². The van der Waals surface area contributed by atoms with E-state index in [9.17, 15) is 4.79 Å². The number of nitrogens with zero attached hydrogens (tertiary/aromatic N) is 1. The average Bonchev–Trinajstić information content (AvgIpc) is 2.29. The Morgan fingerprint density at radius 1 is 1.59 bits per heavy atom. The zero-order valence-corrected chi connectivity index (χ0v) is 9.53. The lowest BCUT2D eigenvalue weighted by Gasteiger charge is -2.12. The Balaban J connectivity index is 2.57. The summed E-state index contributed by atoms with van der Waals surface area (Å²) in [7, 11) is 0. The lowest BCUT2D eigenvalue weighted by molar-refractivity contribution is 0.249. The molecular formula is C13H13N3O. The molecule has 17 heavy (non-hydrogen) atoms. The largest absolute Gasteiger partial charge is 0.334 e. The number of hydrogen-bond donors (Lipinski definition) is 2. The molecule has 0 aliphatic heterocycles. The van der Waals surface area contributed by atoms with Gasteiger partial charge in [0.25, 0.3) is 0 Å². The molecule has 1 aromatic carbocycles. The minimum Gasteiger partial charge on any atom is -0.334 e. The van der Waals surface area contributed by atoms with Gasteiger partial charge < -0.3 is 10.6 Å². The Morgan fingerprint density at radius 3 is 3.00 bits per heavy atom. The van der Waals surface area contributed by atoms with E-state index in [-0.39, 0.29) is 12.1 Å². The number of nitrogens with one attached hydrogen (secondary N) is 2. The van der Waals surface area contributed by atoms with E-state index in [1.807, 2.05) is 13.0 Å². The van der Waals surface area contributed by atoms with Crippen molar-refractivity contribution in [3.05, 3.63) is 29.8 Å². The van der Waals surface area contributed by atoms with Gasteiger partial charge >= 0.3 is 6.03 Å². The molecule has 4 heteroatoms. The first kappa shape index (κ1) is 12.6. The van der Waals surface area contributed by atoms with Gasteiger partial charge in [0.2, 0.25) is 0 Å². The summed E-state index contributed by atoms with van der Waals surface area (Å²) in [6, 6.07) is 8.28. The molecule has 86 valence electrons. The summed E-state index contributed by atoms with van der Waals surface area (Å²) in [4.78, 5) is 11.5. The van der Waals surface area contributed by atoms with E-state index in [1.165, 1.54) is 0 Å².